The first-order valence-electron chi connectivity index (χ1n) is 7.44. The zero-order valence-electron chi connectivity index (χ0n) is 11.4. The molecule has 0 unspecified atom stereocenters. The van der Waals surface area contributed by atoms with Crippen molar-refractivity contribution in [3.05, 3.63) is 46.5 Å². The van der Waals surface area contributed by atoms with E-state index in [9.17, 15) is 0 Å². The summed E-state index contributed by atoms with van der Waals surface area (Å²) in [5.74, 6) is 1.33. The van der Waals surface area contributed by atoms with Crippen LogP contribution >= 0.6 is 11.6 Å². The maximum absolute atomic E-state index is 6.47. The molecule has 1 aromatic carbocycles. The average Bonchev–Trinajstić information content (AvgIpc) is 2.96. The van der Waals surface area contributed by atoms with Crippen LogP contribution in [0.15, 0.2) is 24.8 Å². The second kappa shape index (κ2) is 4.88. The molecule has 0 amide bonds. The Balaban J connectivity index is 1.68. The highest BCUT2D eigenvalue weighted by atomic mass is 35.5. The van der Waals surface area contributed by atoms with Gasteiger partial charge in [-0.15, -0.1) is 0 Å². The van der Waals surface area contributed by atoms with Crippen LogP contribution in [0.25, 0.3) is 0 Å². The highest BCUT2D eigenvalue weighted by Crippen LogP contribution is 2.45. The number of nitrogens with zero attached hydrogens (tertiary/aromatic N) is 3. The van der Waals surface area contributed by atoms with Crippen LogP contribution < -0.4 is 0 Å². The van der Waals surface area contributed by atoms with E-state index in [1.54, 1.807) is 17.5 Å². The molecule has 104 valence electrons. The molecule has 0 fully saturated rings. The minimum atomic E-state index is 0.625. The normalized spacial score (nSPS) is 24.4. The largest absolute Gasteiger partial charge is 0.253 e. The topological polar surface area (TPSA) is 30.7 Å². The van der Waals surface area contributed by atoms with Gasteiger partial charge >= 0.3 is 0 Å². The van der Waals surface area contributed by atoms with E-state index in [1.165, 1.54) is 31.2 Å². The predicted octanol–water partition coefficient (Wildman–Crippen LogP) is 3.61. The standard InChI is InChI=1S/C16H18ClN3/c17-15-5-4-12-2-1-3-13-6-11(7-14(15)16(12)13)8-20-10-18-9-19-20/h4-5,9-11,13H,1-3,6-8H2/t11-,13+/m1/s1. The highest BCUT2D eigenvalue weighted by Gasteiger charge is 2.32. The number of halogens is 1. The number of hydrogen-bond donors (Lipinski definition) is 0. The zero-order valence-corrected chi connectivity index (χ0v) is 12.2. The lowest BCUT2D eigenvalue weighted by atomic mass is 9.70. The van der Waals surface area contributed by atoms with Crippen LogP contribution in [0.5, 0.6) is 0 Å². The van der Waals surface area contributed by atoms with Crippen LogP contribution in [0.1, 0.15) is 41.9 Å². The molecule has 0 aliphatic heterocycles. The SMILES string of the molecule is Clc1ccc2c3c1C[C@H](Cn1cncn1)C[C@@H]3CCC2. The van der Waals surface area contributed by atoms with Gasteiger partial charge in [0, 0.05) is 11.6 Å². The molecule has 1 aromatic heterocycles. The molecule has 4 rings (SSSR count). The van der Waals surface area contributed by atoms with Gasteiger partial charge in [-0.25, -0.2) is 4.98 Å². The summed E-state index contributed by atoms with van der Waals surface area (Å²) in [5, 5.41) is 5.20. The molecule has 0 N–H and O–H groups in total. The van der Waals surface area contributed by atoms with Gasteiger partial charge in [0.25, 0.3) is 0 Å². The van der Waals surface area contributed by atoms with Crippen molar-refractivity contribution in [1.82, 2.24) is 14.8 Å². The third-order valence-electron chi connectivity index (χ3n) is 4.82. The Morgan fingerprint density at radius 1 is 1.35 bits per heavy atom. The van der Waals surface area contributed by atoms with Crippen LogP contribution in [0.3, 0.4) is 0 Å². The lowest BCUT2D eigenvalue weighted by Crippen LogP contribution is -2.26. The Bertz CT molecular complexity index is 621. The molecular formula is C16H18ClN3. The summed E-state index contributed by atoms with van der Waals surface area (Å²) < 4.78 is 1.95. The van der Waals surface area contributed by atoms with Crippen molar-refractivity contribution in [2.75, 3.05) is 0 Å². The Labute approximate surface area is 124 Å². The second-order valence-electron chi connectivity index (χ2n) is 6.11. The molecule has 2 aliphatic rings. The summed E-state index contributed by atoms with van der Waals surface area (Å²) in [6.45, 7) is 0.955. The van der Waals surface area contributed by atoms with Crippen LogP contribution in [0, 0.1) is 5.92 Å². The molecule has 4 heteroatoms. The van der Waals surface area contributed by atoms with Crippen LogP contribution in [0.4, 0.5) is 0 Å². The van der Waals surface area contributed by atoms with Crippen molar-refractivity contribution in [3.63, 3.8) is 0 Å². The van der Waals surface area contributed by atoms with Crippen LogP contribution in [-0.2, 0) is 19.4 Å². The lowest BCUT2D eigenvalue weighted by Gasteiger charge is -2.36. The van der Waals surface area contributed by atoms with Gasteiger partial charge < -0.3 is 0 Å². The summed E-state index contributed by atoms with van der Waals surface area (Å²) in [4.78, 5) is 4.04. The molecule has 2 aromatic rings. The van der Waals surface area contributed by atoms with Gasteiger partial charge in [0.2, 0.25) is 0 Å². The quantitative estimate of drug-likeness (QED) is 0.845. The van der Waals surface area contributed by atoms with E-state index in [2.05, 4.69) is 22.2 Å². The number of hydrogen-bond acceptors (Lipinski definition) is 2. The van der Waals surface area contributed by atoms with Crippen molar-refractivity contribution in [2.45, 2.75) is 44.6 Å². The van der Waals surface area contributed by atoms with E-state index in [1.807, 2.05) is 11.0 Å². The third-order valence-corrected chi connectivity index (χ3v) is 5.17. The fraction of sp³-hybridized carbons (Fsp3) is 0.500. The van der Waals surface area contributed by atoms with Crippen LogP contribution in [0.2, 0.25) is 5.02 Å². The van der Waals surface area contributed by atoms with E-state index in [0.29, 0.717) is 11.8 Å². The summed E-state index contributed by atoms with van der Waals surface area (Å²) in [6, 6.07) is 4.33. The van der Waals surface area contributed by atoms with E-state index < -0.39 is 0 Å². The zero-order chi connectivity index (χ0) is 13.5. The van der Waals surface area contributed by atoms with Crippen molar-refractivity contribution in [2.24, 2.45) is 5.92 Å². The summed E-state index contributed by atoms with van der Waals surface area (Å²) >= 11 is 6.47. The van der Waals surface area contributed by atoms with Crippen molar-refractivity contribution in [3.8, 4) is 0 Å². The van der Waals surface area contributed by atoms with E-state index in [4.69, 9.17) is 11.6 Å². The molecule has 0 saturated carbocycles. The fourth-order valence-corrected chi connectivity index (χ4v) is 4.29. The van der Waals surface area contributed by atoms with E-state index in [-0.39, 0.29) is 0 Å². The van der Waals surface area contributed by atoms with Crippen molar-refractivity contribution >= 4 is 11.6 Å². The predicted molar refractivity (Wildman–Crippen MR) is 79.0 cm³/mol. The highest BCUT2D eigenvalue weighted by molar-refractivity contribution is 6.31. The average molecular weight is 288 g/mol. The molecule has 0 bridgehead atoms. The van der Waals surface area contributed by atoms with E-state index in [0.717, 1.165) is 18.0 Å². The van der Waals surface area contributed by atoms with Gasteiger partial charge in [0.15, 0.2) is 0 Å². The molecule has 2 atom stereocenters. The molecule has 1 heterocycles. The molecule has 0 saturated heterocycles. The molecule has 2 aliphatic carbocycles. The monoisotopic (exact) mass is 287 g/mol. The van der Waals surface area contributed by atoms with Gasteiger partial charge in [0.1, 0.15) is 12.7 Å². The lowest BCUT2D eigenvalue weighted by molar-refractivity contribution is 0.322. The van der Waals surface area contributed by atoms with E-state index >= 15 is 0 Å². The number of benzene rings is 1. The molecule has 0 radical (unpaired) electrons. The Morgan fingerprint density at radius 2 is 2.30 bits per heavy atom. The van der Waals surface area contributed by atoms with Crippen molar-refractivity contribution in [1.29, 1.82) is 0 Å². The molecule has 20 heavy (non-hydrogen) atoms. The molecule has 3 nitrogen and oxygen atoms in total. The Morgan fingerprint density at radius 3 is 3.15 bits per heavy atom. The van der Waals surface area contributed by atoms with Gasteiger partial charge in [-0.05, 0) is 66.7 Å². The fourth-order valence-electron chi connectivity index (χ4n) is 4.04. The minimum Gasteiger partial charge on any atom is -0.253 e. The van der Waals surface area contributed by atoms with Gasteiger partial charge in [-0.1, -0.05) is 17.7 Å². The summed E-state index contributed by atoms with van der Waals surface area (Å²) in [5.41, 5.74) is 4.53. The van der Waals surface area contributed by atoms with Gasteiger partial charge in [0.05, 0.1) is 0 Å². The van der Waals surface area contributed by atoms with Crippen LogP contribution in [-0.4, -0.2) is 14.8 Å². The summed E-state index contributed by atoms with van der Waals surface area (Å²) in [6.07, 6.45) is 9.63. The van der Waals surface area contributed by atoms with Gasteiger partial charge in [-0.2, -0.15) is 5.10 Å². The maximum Gasteiger partial charge on any atom is 0.137 e. The summed E-state index contributed by atoms with van der Waals surface area (Å²) in [7, 11) is 0. The molecule has 0 spiro atoms. The van der Waals surface area contributed by atoms with Gasteiger partial charge in [-0.3, -0.25) is 4.68 Å². The second-order valence-corrected chi connectivity index (χ2v) is 6.52. The first-order valence-corrected chi connectivity index (χ1v) is 7.81. The number of aromatic nitrogens is 3. The maximum atomic E-state index is 6.47. The smallest absolute Gasteiger partial charge is 0.137 e. The molecular weight excluding hydrogens is 270 g/mol. The number of rotatable bonds is 2. The third kappa shape index (κ3) is 2.05. The van der Waals surface area contributed by atoms with Crippen molar-refractivity contribution < 1.29 is 0 Å². The minimum absolute atomic E-state index is 0.625. The first-order chi connectivity index (χ1) is 9.81. The Hall–Kier alpha value is -1.35. The Kier molecular flexibility index (Phi) is 3.03. The first kappa shape index (κ1) is 12.4. The number of aryl methyl sites for hydroxylation is 1.